The number of amides is 2. The van der Waals surface area contributed by atoms with Gasteiger partial charge in [-0.1, -0.05) is 30.9 Å². The number of para-hydroxylation sites is 1. The minimum absolute atomic E-state index is 0.0128. The number of hydrogen-bond acceptors (Lipinski definition) is 5. The van der Waals surface area contributed by atoms with Gasteiger partial charge in [0.1, 0.15) is 5.75 Å². The van der Waals surface area contributed by atoms with Crippen molar-refractivity contribution < 1.29 is 14.5 Å². The van der Waals surface area contributed by atoms with Gasteiger partial charge >= 0.3 is 6.03 Å². The highest BCUT2D eigenvalue weighted by molar-refractivity contribution is 5.76. The second kappa shape index (κ2) is 9.78. The van der Waals surface area contributed by atoms with Crippen LogP contribution in [0.15, 0.2) is 18.2 Å². The van der Waals surface area contributed by atoms with Crippen LogP contribution < -0.4 is 10.5 Å². The Morgan fingerprint density at radius 3 is 2.56 bits per heavy atom. The Kier molecular flexibility index (Phi) is 7.29. The summed E-state index contributed by atoms with van der Waals surface area (Å²) in [6.07, 6.45) is 4.13. The van der Waals surface area contributed by atoms with Gasteiger partial charge in [0.15, 0.2) is 7.05 Å². The topological polar surface area (TPSA) is 102 Å². The number of hydrogen-bond donors (Lipinski definition) is 1. The van der Waals surface area contributed by atoms with Gasteiger partial charge in [0, 0.05) is 36.0 Å². The monoisotopic (exact) mass is 442 g/mol. The molecule has 1 saturated carbocycles. The molecule has 2 amide bonds. The van der Waals surface area contributed by atoms with E-state index in [1.54, 1.807) is 7.11 Å². The maximum Gasteiger partial charge on any atom is 0.320 e. The second-order valence-electron chi connectivity index (χ2n) is 9.35. The minimum atomic E-state index is -0.500. The van der Waals surface area contributed by atoms with Crippen LogP contribution in [0.2, 0.25) is 0 Å². The predicted molar refractivity (Wildman–Crippen MR) is 123 cm³/mol. The van der Waals surface area contributed by atoms with E-state index in [-0.39, 0.29) is 23.5 Å². The molecule has 0 spiro atoms. The molecule has 0 radical (unpaired) electrons. The first-order chi connectivity index (χ1) is 15.1. The SMILES string of the molecule is COc1c(C#CC2(C)CC2)cccc1CC1C(N)C(C)CN1C(=O)N1CCC1.C[N+](=O)[O-]. The number of nitrogens with zero attached hydrogens (tertiary/aromatic N) is 3. The van der Waals surface area contributed by atoms with Crippen LogP contribution in [0.3, 0.4) is 0 Å². The number of carbonyl (C=O) groups is 1. The number of carbonyl (C=O) groups excluding carboxylic acids is 1. The minimum Gasteiger partial charge on any atom is -0.495 e. The lowest BCUT2D eigenvalue weighted by atomic mass is 9.94. The fourth-order valence-electron chi connectivity index (χ4n) is 4.15. The predicted octanol–water partition coefficient (Wildman–Crippen LogP) is 2.76. The van der Waals surface area contributed by atoms with E-state index in [0.717, 1.165) is 50.0 Å². The first kappa shape index (κ1) is 23.9. The summed E-state index contributed by atoms with van der Waals surface area (Å²) in [5.74, 6) is 7.83. The summed E-state index contributed by atoms with van der Waals surface area (Å²) in [5, 5.41) is 8.81. The number of ether oxygens (including phenoxy) is 1. The Morgan fingerprint density at radius 2 is 2.03 bits per heavy atom. The van der Waals surface area contributed by atoms with Gasteiger partial charge < -0.3 is 20.3 Å². The number of nitrogens with two attached hydrogens (primary N) is 1. The van der Waals surface area contributed by atoms with Gasteiger partial charge in [0.25, 0.3) is 0 Å². The summed E-state index contributed by atoms with van der Waals surface area (Å²) in [6.45, 7) is 6.78. The van der Waals surface area contributed by atoms with Crippen LogP contribution in [0.4, 0.5) is 4.79 Å². The molecule has 2 aliphatic heterocycles. The Hall–Kier alpha value is -2.79. The number of likely N-dealkylation sites (tertiary alicyclic amines) is 2. The Labute approximate surface area is 190 Å². The number of benzene rings is 1. The zero-order valence-electron chi connectivity index (χ0n) is 19.5. The van der Waals surface area contributed by atoms with Gasteiger partial charge in [0.2, 0.25) is 0 Å². The number of nitro groups is 1. The van der Waals surface area contributed by atoms with Crippen molar-refractivity contribution in [2.45, 2.75) is 51.6 Å². The van der Waals surface area contributed by atoms with E-state index in [2.05, 4.69) is 31.8 Å². The van der Waals surface area contributed by atoms with Crippen molar-refractivity contribution in [3.05, 3.63) is 39.4 Å². The molecule has 1 aromatic rings. The van der Waals surface area contributed by atoms with E-state index < -0.39 is 4.92 Å². The van der Waals surface area contributed by atoms with Crippen LogP contribution >= 0.6 is 0 Å². The molecule has 0 aromatic heterocycles. The summed E-state index contributed by atoms with van der Waals surface area (Å²) in [5.41, 5.74) is 8.70. The van der Waals surface area contributed by atoms with E-state index >= 15 is 0 Å². The Bertz CT molecular complexity index is 910. The summed E-state index contributed by atoms with van der Waals surface area (Å²) in [6, 6.07) is 6.21. The fraction of sp³-hybridized carbons (Fsp3) is 0.625. The molecule has 2 N–H and O–H groups in total. The highest BCUT2D eigenvalue weighted by atomic mass is 16.6. The van der Waals surface area contributed by atoms with E-state index in [1.165, 1.54) is 12.8 Å². The molecule has 1 aromatic carbocycles. The first-order valence-corrected chi connectivity index (χ1v) is 11.2. The average Bonchev–Trinajstić information content (AvgIpc) is 3.37. The number of urea groups is 1. The Balaban J connectivity index is 0.000000668. The number of methoxy groups -OCH3 is 1. The molecular weight excluding hydrogens is 408 g/mol. The maximum atomic E-state index is 12.9. The third-order valence-corrected chi connectivity index (χ3v) is 6.59. The highest BCUT2D eigenvalue weighted by Gasteiger charge is 2.42. The molecule has 32 heavy (non-hydrogen) atoms. The first-order valence-electron chi connectivity index (χ1n) is 11.2. The highest BCUT2D eigenvalue weighted by Crippen LogP contribution is 2.44. The van der Waals surface area contributed by atoms with Gasteiger partial charge in [-0.25, -0.2) is 4.79 Å². The van der Waals surface area contributed by atoms with Crippen LogP contribution in [-0.2, 0) is 6.42 Å². The lowest BCUT2D eigenvalue weighted by Gasteiger charge is -2.37. The van der Waals surface area contributed by atoms with Crippen molar-refractivity contribution in [3.63, 3.8) is 0 Å². The van der Waals surface area contributed by atoms with Gasteiger partial charge in [-0.05, 0) is 50.2 Å². The molecule has 174 valence electrons. The van der Waals surface area contributed by atoms with Crippen LogP contribution in [0, 0.1) is 33.3 Å². The van der Waals surface area contributed by atoms with Gasteiger partial charge in [0.05, 0.1) is 18.7 Å². The zero-order valence-corrected chi connectivity index (χ0v) is 19.5. The molecule has 3 unspecified atom stereocenters. The van der Waals surface area contributed by atoms with Crippen molar-refractivity contribution in [2.24, 2.45) is 17.1 Å². The van der Waals surface area contributed by atoms with Crippen LogP contribution in [0.5, 0.6) is 5.75 Å². The average molecular weight is 443 g/mol. The molecule has 3 aliphatic rings. The molecule has 4 rings (SSSR count). The third kappa shape index (κ3) is 5.52. The molecule has 2 saturated heterocycles. The lowest BCUT2D eigenvalue weighted by molar-refractivity contribution is -0.445. The second-order valence-corrected chi connectivity index (χ2v) is 9.35. The third-order valence-electron chi connectivity index (χ3n) is 6.59. The quantitative estimate of drug-likeness (QED) is 0.441. The Morgan fingerprint density at radius 1 is 1.38 bits per heavy atom. The zero-order chi connectivity index (χ0) is 23.5. The van der Waals surface area contributed by atoms with E-state index in [4.69, 9.17) is 20.6 Å². The van der Waals surface area contributed by atoms with Gasteiger partial charge in [-0.2, -0.15) is 0 Å². The largest absolute Gasteiger partial charge is 0.495 e. The molecule has 1 aliphatic carbocycles. The normalized spacial score (nSPS) is 25.0. The van der Waals surface area contributed by atoms with Crippen molar-refractivity contribution in [1.82, 2.24) is 9.80 Å². The molecule has 3 fully saturated rings. The molecule has 8 heteroatoms. The lowest BCUT2D eigenvalue weighted by Crippen LogP contribution is -2.53. The number of rotatable bonds is 3. The van der Waals surface area contributed by atoms with Crippen molar-refractivity contribution in [3.8, 4) is 17.6 Å². The van der Waals surface area contributed by atoms with E-state index in [9.17, 15) is 4.79 Å². The molecule has 3 atom stereocenters. The molecule has 2 heterocycles. The standard InChI is InChI=1S/C23H31N3O2.CH3NO2/c1-16-15-26(22(27)25-12-5-13-25)19(20(16)24)14-18-7-4-6-17(21(18)28-3)8-9-23(2)10-11-23;1-2(3)4/h4,6-7,16,19-20H,5,10-15,24H2,1-3H3;1H3. The van der Waals surface area contributed by atoms with Crippen molar-refractivity contribution >= 4 is 6.03 Å². The summed E-state index contributed by atoms with van der Waals surface area (Å²) in [4.78, 5) is 25.1. The van der Waals surface area contributed by atoms with Crippen molar-refractivity contribution in [2.75, 3.05) is 33.8 Å². The molecular formula is C24H34N4O4. The maximum absolute atomic E-state index is 12.9. The van der Waals surface area contributed by atoms with Crippen LogP contribution in [-0.4, -0.2) is 66.6 Å². The van der Waals surface area contributed by atoms with E-state index in [0.29, 0.717) is 12.3 Å². The summed E-state index contributed by atoms with van der Waals surface area (Å²) in [7, 11) is 2.59. The summed E-state index contributed by atoms with van der Waals surface area (Å²) < 4.78 is 5.75. The van der Waals surface area contributed by atoms with Crippen molar-refractivity contribution in [1.29, 1.82) is 0 Å². The smallest absolute Gasteiger partial charge is 0.320 e. The summed E-state index contributed by atoms with van der Waals surface area (Å²) >= 11 is 0. The van der Waals surface area contributed by atoms with Gasteiger partial charge in [-0.15, -0.1) is 0 Å². The van der Waals surface area contributed by atoms with Crippen LogP contribution in [0.25, 0.3) is 0 Å². The van der Waals surface area contributed by atoms with Gasteiger partial charge in [-0.3, -0.25) is 10.1 Å². The fourth-order valence-corrected chi connectivity index (χ4v) is 4.15. The van der Waals surface area contributed by atoms with E-state index in [1.807, 2.05) is 21.9 Å². The van der Waals surface area contributed by atoms with Crippen LogP contribution in [0.1, 0.15) is 44.2 Å². The molecule has 0 bridgehead atoms. The molecule has 8 nitrogen and oxygen atoms in total.